The van der Waals surface area contributed by atoms with Crippen molar-refractivity contribution in [1.82, 2.24) is 20.0 Å². The van der Waals surface area contributed by atoms with E-state index in [2.05, 4.69) is 10.4 Å². The molecule has 19 heavy (non-hydrogen) atoms. The minimum atomic E-state index is -2.51. The smallest absolute Gasteiger partial charge is 0.280 e. The predicted molar refractivity (Wildman–Crippen MR) is 69.3 cm³/mol. The van der Waals surface area contributed by atoms with Gasteiger partial charge in [-0.1, -0.05) is 0 Å². The lowest BCUT2D eigenvalue weighted by atomic mass is 10.2. The summed E-state index contributed by atoms with van der Waals surface area (Å²) in [4.78, 5) is 1.94. The van der Waals surface area contributed by atoms with E-state index in [4.69, 9.17) is 4.74 Å². The molecule has 0 spiro atoms. The Bertz CT molecular complexity index is 369. The Labute approximate surface area is 112 Å². The summed E-state index contributed by atoms with van der Waals surface area (Å²) in [6.45, 7) is 2.70. The molecule has 0 aromatic carbocycles. The lowest BCUT2D eigenvalue weighted by Gasteiger charge is -2.12. The highest BCUT2D eigenvalue weighted by atomic mass is 19.3. The molecule has 5 nitrogen and oxygen atoms in total. The van der Waals surface area contributed by atoms with Gasteiger partial charge in [0.2, 0.25) is 0 Å². The molecule has 0 atom stereocenters. The highest BCUT2D eigenvalue weighted by molar-refractivity contribution is 5.19. The highest BCUT2D eigenvalue weighted by Gasteiger charge is 2.19. The minimum Gasteiger partial charge on any atom is -0.383 e. The molecule has 0 aliphatic rings. The van der Waals surface area contributed by atoms with E-state index in [0.717, 1.165) is 0 Å². The average molecular weight is 276 g/mol. The van der Waals surface area contributed by atoms with Crippen LogP contribution < -0.4 is 5.32 Å². The molecule has 0 saturated carbocycles. The molecule has 0 aliphatic heterocycles. The molecule has 1 N–H and O–H groups in total. The second-order valence-corrected chi connectivity index (χ2v) is 4.55. The Kier molecular flexibility index (Phi) is 6.90. The van der Waals surface area contributed by atoms with Gasteiger partial charge in [-0.05, 0) is 14.1 Å². The predicted octanol–water partition coefficient (Wildman–Crippen LogP) is 1.12. The lowest BCUT2D eigenvalue weighted by Crippen LogP contribution is -2.22. The quantitative estimate of drug-likeness (QED) is 0.686. The van der Waals surface area contributed by atoms with Crippen molar-refractivity contribution in [2.24, 2.45) is 0 Å². The average Bonchev–Trinajstić information content (AvgIpc) is 2.75. The highest BCUT2D eigenvalue weighted by Crippen LogP contribution is 2.22. The van der Waals surface area contributed by atoms with Gasteiger partial charge in [0, 0.05) is 32.3 Å². The fraction of sp³-hybridized carbons (Fsp3) is 0.750. The van der Waals surface area contributed by atoms with Crippen LogP contribution >= 0.6 is 0 Å². The summed E-state index contributed by atoms with van der Waals surface area (Å²) in [7, 11) is 5.41. The third kappa shape index (κ3) is 5.22. The van der Waals surface area contributed by atoms with Crippen molar-refractivity contribution in [3.05, 3.63) is 17.5 Å². The maximum Gasteiger partial charge on any atom is 0.280 e. The summed E-state index contributed by atoms with van der Waals surface area (Å²) in [5, 5.41) is 7.10. The van der Waals surface area contributed by atoms with Crippen molar-refractivity contribution >= 4 is 0 Å². The first-order valence-corrected chi connectivity index (χ1v) is 6.23. The Morgan fingerprint density at radius 3 is 2.79 bits per heavy atom. The van der Waals surface area contributed by atoms with Gasteiger partial charge in [-0.3, -0.25) is 4.68 Å². The van der Waals surface area contributed by atoms with Gasteiger partial charge in [0.1, 0.15) is 5.69 Å². The van der Waals surface area contributed by atoms with Gasteiger partial charge in [0.05, 0.1) is 19.3 Å². The van der Waals surface area contributed by atoms with Crippen molar-refractivity contribution < 1.29 is 13.5 Å². The molecule has 0 saturated heterocycles. The topological polar surface area (TPSA) is 42.3 Å². The van der Waals surface area contributed by atoms with Crippen LogP contribution in [0.15, 0.2) is 6.20 Å². The number of methoxy groups -OCH3 is 1. The molecular weight excluding hydrogens is 254 g/mol. The molecule has 1 aromatic heterocycles. The summed E-state index contributed by atoms with van der Waals surface area (Å²) in [5.41, 5.74) is 0.552. The van der Waals surface area contributed by atoms with E-state index in [-0.39, 0.29) is 5.69 Å². The number of nitrogens with zero attached hydrogens (tertiary/aromatic N) is 3. The minimum absolute atomic E-state index is 0.00627. The van der Waals surface area contributed by atoms with Crippen molar-refractivity contribution in [2.45, 2.75) is 19.5 Å². The summed E-state index contributed by atoms with van der Waals surface area (Å²) in [5.74, 6) is 0. The number of aromatic nitrogens is 2. The van der Waals surface area contributed by atoms with Crippen LogP contribution in [0.2, 0.25) is 0 Å². The maximum atomic E-state index is 13.1. The van der Waals surface area contributed by atoms with Crippen molar-refractivity contribution in [3.63, 3.8) is 0 Å². The Morgan fingerprint density at radius 1 is 1.47 bits per heavy atom. The van der Waals surface area contributed by atoms with Gasteiger partial charge in [-0.25, -0.2) is 8.78 Å². The van der Waals surface area contributed by atoms with Crippen LogP contribution in [0.3, 0.4) is 0 Å². The number of rotatable bonds is 9. The number of likely N-dealkylation sites (N-methyl/N-ethyl adjacent to an activating group) is 1. The summed E-state index contributed by atoms with van der Waals surface area (Å²) >= 11 is 0. The van der Waals surface area contributed by atoms with E-state index in [9.17, 15) is 8.78 Å². The van der Waals surface area contributed by atoms with E-state index in [1.807, 2.05) is 19.0 Å². The van der Waals surface area contributed by atoms with Crippen LogP contribution in [0.25, 0.3) is 0 Å². The van der Waals surface area contributed by atoms with Crippen molar-refractivity contribution in [2.75, 3.05) is 40.9 Å². The molecule has 7 heteroatoms. The fourth-order valence-corrected chi connectivity index (χ4v) is 1.69. The Morgan fingerprint density at radius 2 is 2.21 bits per heavy atom. The van der Waals surface area contributed by atoms with Crippen LogP contribution in [0.5, 0.6) is 0 Å². The Balaban J connectivity index is 2.65. The van der Waals surface area contributed by atoms with Crippen LogP contribution in [0.4, 0.5) is 8.78 Å². The molecule has 1 rings (SSSR count). The van der Waals surface area contributed by atoms with E-state index in [1.165, 1.54) is 10.9 Å². The van der Waals surface area contributed by atoms with E-state index < -0.39 is 6.43 Å². The van der Waals surface area contributed by atoms with Crippen molar-refractivity contribution in [3.8, 4) is 0 Å². The third-order valence-electron chi connectivity index (χ3n) is 2.72. The number of hydrogen-bond acceptors (Lipinski definition) is 4. The SMILES string of the molecule is COCCNCc1cnn(CCN(C)C)c1C(F)F. The second-order valence-electron chi connectivity index (χ2n) is 4.55. The number of ether oxygens (including phenoxy) is 1. The lowest BCUT2D eigenvalue weighted by molar-refractivity contribution is 0.136. The molecule has 0 radical (unpaired) electrons. The number of halogens is 2. The largest absolute Gasteiger partial charge is 0.383 e. The molecule has 110 valence electrons. The van der Waals surface area contributed by atoms with Crippen LogP contribution in [0, 0.1) is 0 Å². The van der Waals surface area contributed by atoms with Gasteiger partial charge >= 0.3 is 0 Å². The summed E-state index contributed by atoms with van der Waals surface area (Å²) in [6, 6.07) is 0. The fourth-order valence-electron chi connectivity index (χ4n) is 1.69. The zero-order valence-electron chi connectivity index (χ0n) is 11.7. The first kappa shape index (κ1) is 16.0. The summed E-state index contributed by atoms with van der Waals surface area (Å²) in [6.07, 6.45) is -0.999. The van der Waals surface area contributed by atoms with E-state index in [1.54, 1.807) is 7.11 Å². The van der Waals surface area contributed by atoms with Gasteiger partial charge in [-0.15, -0.1) is 0 Å². The normalized spacial score (nSPS) is 11.7. The monoisotopic (exact) mass is 276 g/mol. The summed E-state index contributed by atoms with van der Waals surface area (Å²) < 4.78 is 32.5. The van der Waals surface area contributed by atoms with Gasteiger partial charge in [0.25, 0.3) is 6.43 Å². The molecular formula is C12H22F2N4O. The molecule has 0 bridgehead atoms. The van der Waals surface area contributed by atoms with E-state index >= 15 is 0 Å². The zero-order chi connectivity index (χ0) is 14.3. The second kappa shape index (κ2) is 8.19. The molecule has 0 amide bonds. The first-order valence-electron chi connectivity index (χ1n) is 6.23. The number of nitrogens with one attached hydrogen (secondary N) is 1. The van der Waals surface area contributed by atoms with Crippen LogP contribution in [-0.2, 0) is 17.8 Å². The molecule has 0 fully saturated rings. The number of alkyl halides is 2. The van der Waals surface area contributed by atoms with Crippen molar-refractivity contribution in [1.29, 1.82) is 0 Å². The first-order chi connectivity index (χ1) is 9.06. The van der Waals surface area contributed by atoms with Crippen LogP contribution in [-0.4, -0.2) is 55.6 Å². The van der Waals surface area contributed by atoms with Gasteiger partial charge in [-0.2, -0.15) is 5.10 Å². The maximum absolute atomic E-state index is 13.1. The van der Waals surface area contributed by atoms with Gasteiger partial charge in [0.15, 0.2) is 0 Å². The Hall–Kier alpha value is -1.05. The molecule has 0 aliphatic carbocycles. The zero-order valence-corrected chi connectivity index (χ0v) is 11.7. The van der Waals surface area contributed by atoms with E-state index in [0.29, 0.717) is 38.3 Å². The standard InChI is InChI=1S/C12H22F2N4O/c1-17(2)5-6-18-11(12(13)14)10(9-16-18)8-15-4-7-19-3/h9,12,15H,4-8H2,1-3H3. The number of hydrogen-bond donors (Lipinski definition) is 1. The van der Waals surface area contributed by atoms with Crippen LogP contribution in [0.1, 0.15) is 17.7 Å². The molecule has 1 heterocycles. The van der Waals surface area contributed by atoms with Gasteiger partial charge < -0.3 is 15.0 Å². The molecule has 1 aromatic rings. The third-order valence-corrected chi connectivity index (χ3v) is 2.72. The molecule has 0 unspecified atom stereocenters.